The Labute approximate surface area is 120 Å². The lowest BCUT2D eigenvalue weighted by atomic mass is 10.2. The molecule has 0 fully saturated rings. The SMILES string of the molecule is CC(C)CNC(=O)NC(=O)CN(C)Cc1ccccc1. The smallest absolute Gasteiger partial charge is 0.321 e. The molecule has 0 spiro atoms. The third kappa shape index (κ3) is 6.89. The summed E-state index contributed by atoms with van der Waals surface area (Å²) in [6.07, 6.45) is 0. The number of carbonyl (C=O) groups excluding carboxylic acids is 2. The van der Waals surface area contributed by atoms with Crippen LogP contribution in [0.3, 0.4) is 0 Å². The van der Waals surface area contributed by atoms with E-state index in [1.54, 1.807) is 0 Å². The summed E-state index contributed by atoms with van der Waals surface area (Å²) in [6.45, 7) is 5.40. The lowest BCUT2D eigenvalue weighted by molar-refractivity contribution is -0.120. The van der Waals surface area contributed by atoms with Crippen molar-refractivity contribution in [2.24, 2.45) is 5.92 Å². The third-order valence-corrected chi connectivity index (χ3v) is 2.63. The second-order valence-corrected chi connectivity index (χ2v) is 5.31. The molecule has 0 unspecified atom stereocenters. The van der Waals surface area contributed by atoms with Crippen molar-refractivity contribution in [1.82, 2.24) is 15.5 Å². The summed E-state index contributed by atoms with van der Waals surface area (Å²) in [7, 11) is 1.85. The van der Waals surface area contributed by atoms with Crippen molar-refractivity contribution in [3.8, 4) is 0 Å². The zero-order valence-corrected chi connectivity index (χ0v) is 12.3. The van der Waals surface area contributed by atoms with Crippen LogP contribution in [0.1, 0.15) is 19.4 Å². The lowest BCUT2D eigenvalue weighted by Gasteiger charge is -2.16. The summed E-state index contributed by atoms with van der Waals surface area (Å²) in [5.41, 5.74) is 1.13. The van der Waals surface area contributed by atoms with Gasteiger partial charge < -0.3 is 5.32 Å². The highest BCUT2D eigenvalue weighted by atomic mass is 16.2. The second-order valence-electron chi connectivity index (χ2n) is 5.31. The van der Waals surface area contributed by atoms with Crippen LogP contribution in [0.15, 0.2) is 30.3 Å². The standard InChI is InChI=1S/C15H23N3O2/c1-12(2)9-16-15(20)17-14(19)11-18(3)10-13-7-5-4-6-8-13/h4-8,12H,9-11H2,1-3H3,(H2,16,17,19,20). The number of amides is 3. The molecule has 0 aliphatic heterocycles. The Morgan fingerprint density at radius 1 is 1.20 bits per heavy atom. The molecule has 1 rings (SSSR count). The summed E-state index contributed by atoms with van der Waals surface area (Å²) >= 11 is 0. The minimum absolute atomic E-state index is 0.185. The molecule has 0 aliphatic rings. The molecule has 5 nitrogen and oxygen atoms in total. The topological polar surface area (TPSA) is 61.4 Å². The van der Waals surface area contributed by atoms with E-state index >= 15 is 0 Å². The average Bonchev–Trinajstić information content (AvgIpc) is 2.37. The van der Waals surface area contributed by atoms with Gasteiger partial charge in [0.25, 0.3) is 0 Å². The Hall–Kier alpha value is -1.88. The Kier molecular flexibility index (Phi) is 6.73. The number of benzene rings is 1. The van der Waals surface area contributed by atoms with Crippen molar-refractivity contribution in [2.45, 2.75) is 20.4 Å². The molecule has 0 atom stereocenters. The number of rotatable bonds is 6. The van der Waals surface area contributed by atoms with Crippen LogP contribution in [-0.2, 0) is 11.3 Å². The summed E-state index contributed by atoms with van der Waals surface area (Å²) < 4.78 is 0. The van der Waals surface area contributed by atoms with Crippen LogP contribution < -0.4 is 10.6 Å². The summed E-state index contributed by atoms with van der Waals surface area (Å²) in [6, 6.07) is 9.45. The average molecular weight is 277 g/mol. The molecule has 110 valence electrons. The quantitative estimate of drug-likeness (QED) is 0.830. The van der Waals surface area contributed by atoms with Crippen LogP contribution in [0.25, 0.3) is 0 Å². The van der Waals surface area contributed by atoms with Gasteiger partial charge in [-0.25, -0.2) is 4.79 Å². The summed E-state index contributed by atoms with van der Waals surface area (Å²) in [5.74, 6) is 0.0568. The molecule has 1 aromatic carbocycles. The Bertz CT molecular complexity index is 432. The molecular formula is C15H23N3O2. The van der Waals surface area contributed by atoms with Crippen molar-refractivity contribution in [3.63, 3.8) is 0 Å². The highest BCUT2D eigenvalue weighted by Gasteiger charge is 2.10. The molecule has 5 heteroatoms. The van der Waals surface area contributed by atoms with Gasteiger partial charge in [-0.2, -0.15) is 0 Å². The van der Waals surface area contributed by atoms with Crippen LogP contribution in [0.5, 0.6) is 0 Å². The van der Waals surface area contributed by atoms with E-state index in [0.29, 0.717) is 19.0 Å². The first-order valence-corrected chi connectivity index (χ1v) is 6.77. The molecule has 0 radical (unpaired) electrons. The Morgan fingerprint density at radius 3 is 2.45 bits per heavy atom. The van der Waals surface area contributed by atoms with Gasteiger partial charge in [0.1, 0.15) is 0 Å². The van der Waals surface area contributed by atoms with Gasteiger partial charge in [-0.3, -0.25) is 15.0 Å². The maximum Gasteiger partial charge on any atom is 0.321 e. The third-order valence-electron chi connectivity index (χ3n) is 2.63. The highest BCUT2D eigenvalue weighted by Crippen LogP contribution is 2.01. The molecule has 0 aliphatic carbocycles. The normalized spacial score (nSPS) is 10.7. The molecule has 2 N–H and O–H groups in total. The minimum atomic E-state index is -0.434. The molecule has 0 aromatic heterocycles. The first-order chi connectivity index (χ1) is 9.47. The van der Waals surface area contributed by atoms with Gasteiger partial charge in [0.05, 0.1) is 6.54 Å². The minimum Gasteiger partial charge on any atom is -0.338 e. The van der Waals surface area contributed by atoms with E-state index in [2.05, 4.69) is 10.6 Å². The van der Waals surface area contributed by atoms with Crippen LogP contribution in [-0.4, -0.2) is 37.0 Å². The number of nitrogens with one attached hydrogen (secondary N) is 2. The number of carbonyl (C=O) groups is 2. The maximum absolute atomic E-state index is 11.7. The first kappa shape index (κ1) is 16.2. The number of hydrogen-bond donors (Lipinski definition) is 2. The van der Waals surface area contributed by atoms with Crippen LogP contribution in [0.4, 0.5) is 4.79 Å². The first-order valence-electron chi connectivity index (χ1n) is 6.77. The predicted octanol–water partition coefficient (Wildman–Crippen LogP) is 1.60. The number of urea groups is 1. The van der Waals surface area contributed by atoms with E-state index in [4.69, 9.17) is 0 Å². The fraction of sp³-hybridized carbons (Fsp3) is 0.467. The van der Waals surface area contributed by atoms with Crippen molar-refractivity contribution in [3.05, 3.63) is 35.9 Å². The van der Waals surface area contributed by atoms with E-state index in [1.165, 1.54) is 0 Å². The number of imide groups is 1. The fourth-order valence-electron chi connectivity index (χ4n) is 1.70. The molecule has 1 aromatic rings. The van der Waals surface area contributed by atoms with Gasteiger partial charge in [-0.1, -0.05) is 44.2 Å². The van der Waals surface area contributed by atoms with E-state index in [9.17, 15) is 9.59 Å². The van der Waals surface area contributed by atoms with E-state index in [-0.39, 0.29) is 12.5 Å². The lowest BCUT2D eigenvalue weighted by Crippen LogP contribution is -2.44. The maximum atomic E-state index is 11.7. The van der Waals surface area contributed by atoms with Crippen molar-refractivity contribution in [1.29, 1.82) is 0 Å². The second kappa shape index (κ2) is 8.32. The Balaban J connectivity index is 2.29. The summed E-state index contributed by atoms with van der Waals surface area (Å²) in [4.78, 5) is 25.0. The number of likely N-dealkylation sites (N-methyl/N-ethyl adjacent to an activating group) is 1. The molecule has 20 heavy (non-hydrogen) atoms. The molecular weight excluding hydrogens is 254 g/mol. The van der Waals surface area contributed by atoms with Crippen molar-refractivity contribution in [2.75, 3.05) is 20.1 Å². The van der Waals surface area contributed by atoms with Gasteiger partial charge >= 0.3 is 6.03 Å². The number of nitrogens with zero attached hydrogens (tertiary/aromatic N) is 1. The molecule has 0 heterocycles. The van der Waals surface area contributed by atoms with Crippen LogP contribution in [0, 0.1) is 5.92 Å². The van der Waals surface area contributed by atoms with Gasteiger partial charge in [0, 0.05) is 13.1 Å². The molecule has 3 amide bonds. The zero-order valence-electron chi connectivity index (χ0n) is 12.3. The van der Waals surface area contributed by atoms with Crippen LogP contribution in [0.2, 0.25) is 0 Å². The van der Waals surface area contributed by atoms with E-state index in [0.717, 1.165) is 5.56 Å². The van der Waals surface area contributed by atoms with Crippen LogP contribution >= 0.6 is 0 Å². The van der Waals surface area contributed by atoms with Gasteiger partial charge in [-0.05, 0) is 18.5 Å². The van der Waals surface area contributed by atoms with Gasteiger partial charge in [0.15, 0.2) is 0 Å². The Morgan fingerprint density at radius 2 is 1.85 bits per heavy atom. The summed E-state index contributed by atoms with van der Waals surface area (Å²) in [5, 5.41) is 4.97. The fourth-order valence-corrected chi connectivity index (χ4v) is 1.70. The molecule has 0 saturated heterocycles. The molecule has 0 bridgehead atoms. The van der Waals surface area contributed by atoms with Crippen molar-refractivity contribution >= 4 is 11.9 Å². The predicted molar refractivity (Wildman–Crippen MR) is 79.2 cm³/mol. The van der Waals surface area contributed by atoms with E-state index in [1.807, 2.05) is 56.1 Å². The number of hydrogen-bond acceptors (Lipinski definition) is 3. The zero-order chi connectivity index (χ0) is 15.0. The van der Waals surface area contributed by atoms with E-state index < -0.39 is 6.03 Å². The molecule has 0 saturated carbocycles. The largest absolute Gasteiger partial charge is 0.338 e. The monoisotopic (exact) mass is 277 g/mol. The van der Waals surface area contributed by atoms with Gasteiger partial charge in [0.2, 0.25) is 5.91 Å². The van der Waals surface area contributed by atoms with Gasteiger partial charge in [-0.15, -0.1) is 0 Å². The highest BCUT2D eigenvalue weighted by molar-refractivity contribution is 5.95. The van der Waals surface area contributed by atoms with Crippen molar-refractivity contribution < 1.29 is 9.59 Å².